The number of nitrogens with one attached hydrogen (secondary N) is 2. The monoisotopic (exact) mass is 494 g/mol. The van der Waals surface area contributed by atoms with Gasteiger partial charge in [0.1, 0.15) is 11.6 Å². The first-order chi connectivity index (χ1) is 17.4. The van der Waals surface area contributed by atoms with E-state index < -0.39 is 11.7 Å². The van der Waals surface area contributed by atoms with Crippen LogP contribution >= 0.6 is 0 Å². The smallest absolute Gasteiger partial charge is 0.320 e. The molecule has 2 aromatic heterocycles. The molecule has 1 aromatic carbocycles. The topological polar surface area (TPSA) is 122 Å². The van der Waals surface area contributed by atoms with E-state index in [1.165, 1.54) is 18.2 Å². The third-order valence-electron chi connectivity index (χ3n) is 6.83. The summed E-state index contributed by atoms with van der Waals surface area (Å²) in [6, 6.07) is 9.36. The van der Waals surface area contributed by atoms with Gasteiger partial charge >= 0.3 is 23.8 Å². The van der Waals surface area contributed by atoms with Crippen molar-refractivity contribution in [2.45, 2.75) is 32.6 Å². The molecule has 1 spiro atoms. The van der Waals surface area contributed by atoms with Crippen LogP contribution in [0, 0.1) is 17.2 Å². The number of rotatable bonds is 7. The van der Waals surface area contributed by atoms with Gasteiger partial charge in [0.05, 0.1) is 24.4 Å². The summed E-state index contributed by atoms with van der Waals surface area (Å²) >= 11 is 0. The Morgan fingerprint density at radius 2 is 1.97 bits per heavy atom. The van der Waals surface area contributed by atoms with Crippen molar-refractivity contribution in [3.63, 3.8) is 0 Å². The van der Waals surface area contributed by atoms with Crippen molar-refractivity contribution in [1.82, 2.24) is 15.2 Å². The van der Waals surface area contributed by atoms with Gasteiger partial charge in [0.25, 0.3) is 0 Å². The predicted octanol–water partition coefficient (Wildman–Crippen LogP) is 4.16. The molecule has 3 aromatic rings. The van der Waals surface area contributed by atoms with Gasteiger partial charge in [0.15, 0.2) is 0 Å². The van der Waals surface area contributed by atoms with Gasteiger partial charge in [-0.3, -0.25) is 9.59 Å². The van der Waals surface area contributed by atoms with Gasteiger partial charge in [0, 0.05) is 18.8 Å². The summed E-state index contributed by atoms with van der Waals surface area (Å²) in [6.07, 6.45) is 5.44. The molecule has 0 radical (unpaired) electrons. The van der Waals surface area contributed by atoms with Crippen LogP contribution < -0.4 is 15.5 Å². The van der Waals surface area contributed by atoms with Crippen LogP contribution in [0.4, 0.5) is 27.6 Å². The number of halogens is 1. The first-order valence-corrected chi connectivity index (χ1v) is 12.0. The number of amides is 1. The van der Waals surface area contributed by atoms with Gasteiger partial charge in [0.2, 0.25) is 0 Å². The molecule has 1 saturated heterocycles. The fourth-order valence-electron chi connectivity index (χ4n) is 4.92. The van der Waals surface area contributed by atoms with E-state index in [4.69, 9.17) is 9.15 Å². The van der Waals surface area contributed by atoms with Crippen LogP contribution in [0.1, 0.15) is 43.3 Å². The predicted molar refractivity (Wildman–Crippen MR) is 129 cm³/mol. The molecule has 2 aliphatic rings. The van der Waals surface area contributed by atoms with Crippen molar-refractivity contribution in [3.8, 4) is 0 Å². The molecule has 10 nitrogen and oxygen atoms in total. The zero-order chi connectivity index (χ0) is 25.1. The Kier molecular flexibility index (Phi) is 6.53. The van der Waals surface area contributed by atoms with Crippen LogP contribution in [0.5, 0.6) is 0 Å². The maximum absolute atomic E-state index is 13.3. The third-order valence-corrected chi connectivity index (χ3v) is 6.83. The molecular formula is C25H27FN6O4. The second-order valence-electron chi connectivity index (χ2n) is 9.25. The third kappa shape index (κ3) is 5.14. The highest BCUT2D eigenvalue weighted by Gasteiger charge is 2.49. The van der Waals surface area contributed by atoms with Crippen LogP contribution in [0.2, 0.25) is 0 Å². The number of esters is 1. The number of benzene rings is 1. The second-order valence-corrected chi connectivity index (χ2v) is 9.25. The molecule has 0 bridgehead atoms. The second kappa shape index (κ2) is 9.92. The summed E-state index contributed by atoms with van der Waals surface area (Å²) in [5, 5.41) is 12.9. The molecule has 0 unspecified atom stereocenters. The number of nitrogens with zero attached hydrogens (tertiary/aromatic N) is 4. The standard InChI is InChI=1S/C25H27FN6O4/c1-2-35-23(34)16-13-25(14-16)8-10-32(11-9-25)20-7-6-19(15-27-20)28-21(33)22-30-31-24(36-22)29-18-5-3-4-17(26)12-18/h3-7,12,15-16H,2,8-11,13-14H2,1H3,(H,28,33)(H,29,31). The SMILES string of the molecule is CCOC(=O)C1CC2(CCN(c3ccc(NC(=O)c4nnc(Nc5cccc(F)c5)o4)cn3)CC2)C1. The van der Waals surface area contributed by atoms with Crippen LogP contribution in [-0.4, -0.2) is 46.8 Å². The summed E-state index contributed by atoms with van der Waals surface area (Å²) in [5.41, 5.74) is 1.16. The Balaban J connectivity index is 1.12. The molecule has 2 fully saturated rings. The van der Waals surface area contributed by atoms with E-state index in [0.717, 1.165) is 44.6 Å². The highest BCUT2D eigenvalue weighted by Crippen LogP contribution is 2.53. The maximum atomic E-state index is 13.3. The van der Waals surface area contributed by atoms with Crippen LogP contribution in [0.25, 0.3) is 0 Å². The maximum Gasteiger partial charge on any atom is 0.320 e. The average molecular weight is 495 g/mol. The minimum Gasteiger partial charge on any atom is -0.466 e. The highest BCUT2D eigenvalue weighted by molar-refractivity contribution is 6.00. The van der Waals surface area contributed by atoms with Crippen molar-refractivity contribution in [2.75, 3.05) is 35.2 Å². The van der Waals surface area contributed by atoms with Crippen molar-refractivity contribution < 1.29 is 23.1 Å². The van der Waals surface area contributed by atoms with Gasteiger partial charge in [-0.05, 0) is 68.4 Å². The Morgan fingerprint density at radius 3 is 2.67 bits per heavy atom. The lowest BCUT2D eigenvalue weighted by Crippen LogP contribution is -2.49. The number of piperidine rings is 1. The zero-order valence-electron chi connectivity index (χ0n) is 19.9. The minimum absolute atomic E-state index is 0.0258. The Labute approximate surface area is 207 Å². The summed E-state index contributed by atoms with van der Waals surface area (Å²) < 4.78 is 23.8. The molecule has 36 heavy (non-hydrogen) atoms. The molecule has 2 N–H and O–H groups in total. The fraction of sp³-hybridized carbons (Fsp3) is 0.400. The minimum atomic E-state index is -0.578. The van der Waals surface area contributed by atoms with E-state index in [1.807, 2.05) is 13.0 Å². The summed E-state index contributed by atoms with van der Waals surface area (Å²) in [6.45, 7) is 4.01. The first kappa shape index (κ1) is 23.7. The number of carbonyl (C=O) groups excluding carboxylic acids is 2. The molecule has 1 aliphatic carbocycles. The lowest BCUT2D eigenvalue weighted by Gasteiger charge is -2.51. The summed E-state index contributed by atoms with van der Waals surface area (Å²) in [4.78, 5) is 31.1. The number of hydrogen-bond donors (Lipinski definition) is 2. The van der Waals surface area contributed by atoms with Crippen molar-refractivity contribution in [3.05, 3.63) is 54.3 Å². The molecule has 11 heteroatoms. The Morgan fingerprint density at radius 1 is 1.17 bits per heavy atom. The fourth-order valence-corrected chi connectivity index (χ4v) is 4.92. The Hall–Kier alpha value is -4.02. The van der Waals surface area contributed by atoms with Gasteiger partial charge in [-0.2, -0.15) is 0 Å². The number of carbonyl (C=O) groups is 2. The number of hydrogen-bond acceptors (Lipinski definition) is 9. The molecule has 3 heterocycles. The normalized spacial score (nSPS) is 16.9. The number of anilines is 4. The van der Waals surface area contributed by atoms with Gasteiger partial charge < -0.3 is 24.7 Å². The van der Waals surface area contributed by atoms with Crippen molar-refractivity contribution in [1.29, 1.82) is 0 Å². The van der Waals surface area contributed by atoms with Crippen LogP contribution in [0.15, 0.2) is 47.0 Å². The molecule has 5 rings (SSSR count). The van der Waals surface area contributed by atoms with E-state index in [9.17, 15) is 14.0 Å². The van der Waals surface area contributed by atoms with E-state index in [-0.39, 0.29) is 29.2 Å². The highest BCUT2D eigenvalue weighted by atomic mass is 19.1. The summed E-state index contributed by atoms with van der Waals surface area (Å²) in [7, 11) is 0. The number of pyridine rings is 1. The van der Waals surface area contributed by atoms with Crippen molar-refractivity contribution in [2.24, 2.45) is 11.3 Å². The number of aromatic nitrogens is 3. The first-order valence-electron chi connectivity index (χ1n) is 12.0. The molecular weight excluding hydrogens is 467 g/mol. The quantitative estimate of drug-likeness (QED) is 0.466. The van der Waals surface area contributed by atoms with E-state index in [2.05, 4.69) is 30.7 Å². The van der Waals surface area contributed by atoms with E-state index >= 15 is 0 Å². The Bertz CT molecular complexity index is 1230. The summed E-state index contributed by atoms with van der Waals surface area (Å²) in [5.74, 6) is -0.410. The lowest BCUT2D eigenvalue weighted by molar-refractivity contribution is -0.157. The molecule has 1 amide bonds. The average Bonchev–Trinajstić information content (AvgIpc) is 3.32. The molecule has 188 valence electrons. The number of ether oxygens (including phenoxy) is 1. The zero-order valence-corrected chi connectivity index (χ0v) is 19.9. The van der Waals surface area contributed by atoms with Gasteiger partial charge in [-0.1, -0.05) is 11.2 Å². The van der Waals surface area contributed by atoms with Gasteiger partial charge in [-0.25, -0.2) is 9.37 Å². The molecule has 1 saturated carbocycles. The largest absolute Gasteiger partial charge is 0.466 e. The van der Waals surface area contributed by atoms with E-state index in [0.29, 0.717) is 18.0 Å². The van der Waals surface area contributed by atoms with Crippen molar-refractivity contribution >= 4 is 35.1 Å². The van der Waals surface area contributed by atoms with Crippen LogP contribution in [0.3, 0.4) is 0 Å². The van der Waals surface area contributed by atoms with Crippen LogP contribution in [-0.2, 0) is 9.53 Å². The molecule has 1 aliphatic heterocycles. The lowest BCUT2D eigenvalue weighted by atomic mass is 9.57. The van der Waals surface area contributed by atoms with E-state index in [1.54, 1.807) is 18.3 Å². The molecule has 0 atom stereocenters. The van der Waals surface area contributed by atoms with Gasteiger partial charge in [-0.15, -0.1) is 5.10 Å².